The molecule has 0 unspecified atom stereocenters. The largest absolute Gasteiger partial charge is 0.491 e. The molecule has 0 aromatic heterocycles. The van der Waals surface area contributed by atoms with Gasteiger partial charge in [-0.15, -0.1) is 0 Å². The van der Waals surface area contributed by atoms with Crippen LogP contribution in [0.3, 0.4) is 0 Å². The van der Waals surface area contributed by atoms with Gasteiger partial charge >= 0.3 is 0 Å². The molecule has 1 heterocycles. The molecule has 1 aliphatic heterocycles. The van der Waals surface area contributed by atoms with E-state index < -0.39 is 0 Å². The van der Waals surface area contributed by atoms with Crippen LogP contribution in [0.5, 0.6) is 5.75 Å². The van der Waals surface area contributed by atoms with E-state index in [1.54, 1.807) is 18.2 Å². The summed E-state index contributed by atoms with van der Waals surface area (Å²) in [5, 5.41) is 2.94. The highest BCUT2D eigenvalue weighted by molar-refractivity contribution is 5.94. The van der Waals surface area contributed by atoms with E-state index in [1.165, 1.54) is 25.7 Å². The predicted octanol–water partition coefficient (Wildman–Crippen LogP) is 2.01. The summed E-state index contributed by atoms with van der Waals surface area (Å²) in [6.07, 6.45) is 5.87. The van der Waals surface area contributed by atoms with Crippen molar-refractivity contribution in [3.63, 3.8) is 0 Å². The molecule has 0 atom stereocenters. The molecule has 3 aliphatic rings. The summed E-state index contributed by atoms with van der Waals surface area (Å²) in [6, 6.07) is 5.99. The number of hydrogen-bond donors (Lipinski definition) is 1. The van der Waals surface area contributed by atoms with E-state index in [1.807, 2.05) is 0 Å². The summed E-state index contributed by atoms with van der Waals surface area (Å²) in [7, 11) is 0. The zero-order valence-electron chi connectivity index (χ0n) is 15.2. The number of nitrogens with zero attached hydrogens (tertiary/aromatic N) is 2. The molecule has 6 nitrogen and oxygen atoms in total. The van der Waals surface area contributed by atoms with Gasteiger partial charge in [-0.3, -0.25) is 19.4 Å². The Bertz CT molecular complexity index is 662. The fraction of sp³-hybridized carbons (Fsp3) is 0.600. The number of rotatable bonds is 8. The summed E-state index contributed by atoms with van der Waals surface area (Å²) in [5.41, 5.74) is 1.13. The van der Waals surface area contributed by atoms with Crippen molar-refractivity contribution in [1.29, 1.82) is 0 Å². The lowest BCUT2D eigenvalue weighted by atomic mass is 10.2. The lowest BCUT2D eigenvalue weighted by Crippen LogP contribution is -2.49. The van der Waals surface area contributed by atoms with Crippen LogP contribution in [0, 0.1) is 5.92 Å². The highest BCUT2D eigenvalue weighted by Crippen LogP contribution is 2.32. The Balaban J connectivity index is 1.32. The first-order valence-electron chi connectivity index (χ1n) is 9.69. The Kier molecular flexibility index (Phi) is 5.22. The van der Waals surface area contributed by atoms with Crippen LogP contribution in [0.15, 0.2) is 18.2 Å². The zero-order chi connectivity index (χ0) is 17.9. The van der Waals surface area contributed by atoms with Crippen molar-refractivity contribution in [3.05, 3.63) is 23.8 Å². The third-order valence-corrected chi connectivity index (χ3v) is 5.42. The molecule has 1 N–H and O–H groups in total. The molecule has 0 radical (unpaired) electrons. The van der Waals surface area contributed by atoms with E-state index in [9.17, 15) is 9.59 Å². The molecule has 0 bridgehead atoms. The van der Waals surface area contributed by atoms with Gasteiger partial charge in [-0.05, 0) is 49.8 Å². The second-order valence-electron chi connectivity index (χ2n) is 7.72. The topological polar surface area (TPSA) is 61.9 Å². The van der Waals surface area contributed by atoms with Gasteiger partial charge in [0.05, 0.1) is 18.8 Å². The highest BCUT2D eigenvalue weighted by atomic mass is 16.5. The lowest BCUT2D eigenvalue weighted by Gasteiger charge is -2.34. The van der Waals surface area contributed by atoms with Crippen LogP contribution in [0.2, 0.25) is 0 Å². The summed E-state index contributed by atoms with van der Waals surface area (Å²) in [5.74, 6) is 1.23. The third kappa shape index (κ3) is 4.62. The highest BCUT2D eigenvalue weighted by Gasteiger charge is 2.31. The smallest absolute Gasteiger partial charge is 0.238 e. The first-order chi connectivity index (χ1) is 12.7. The lowest BCUT2D eigenvalue weighted by molar-refractivity contribution is -0.117. The van der Waals surface area contributed by atoms with Crippen LogP contribution >= 0.6 is 0 Å². The number of carbonyl (C=O) groups is 2. The number of aldehydes is 1. The SMILES string of the molecule is O=Cc1ccc(OCC2CC2)c(NC(=O)CN2CCN(C3CC3)CC2)c1. The van der Waals surface area contributed by atoms with Crippen molar-refractivity contribution in [2.24, 2.45) is 5.92 Å². The minimum Gasteiger partial charge on any atom is -0.491 e. The number of hydrogen-bond acceptors (Lipinski definition) is 5. The molecule has 0 spiro atoms. The van der Waals surface area contributed by atoms with Gasteiger partial charge < -0.3 is 10.1 Å². The molecule has 1 aromatic rings. The van der Waals surface area contributed by atoms with Gasteiger partial charge in [-0.25, -0.2) is 0 Å². The zero-order valence-corrected chi connectivity index (χ0v) is 15.2. The van der Waals surface area contributed by atoms with Crippen LogP contribution in [-0.2, 0) is 4.79 Å². The first kappa shape index (κ1) is 17.5. The van der Waals surface area contributed by atoms with Crippen molar-refractivity contribution in [2.75, 3.05) is 44.6 Å². The fourth-order valence-corrected chi connectivity index (χ4v) is 3.46. The van der Waals surface area contributed by atoms with Gasteiger partial charge in [-0.2, -0.15) is 0 Å². The van der Waals surface area contributed by atoms with E-state index in [-0.39, 0.29) is 5.91 Å². The number of benzene rings is 1. The third-order valence-electron chi connectivity index (χ3n) is 5.42. The maximum absolute atomic E-state index is 12.5. The molecule has 2 aliphatic carbocycles. The molecule has 1 saturated heterocycles. The van der Waals surface area contributed by atoms with Crippen molar-refractivity contribution in [2.45, 2.75) is 31.7 Å². The molecule has 26 heavy (non-hydrogen) atoms. The number of ether oxygens (including phenoxy) is 1. The number of anilines is 1. The molecule has 4 rings (SSSR count). The van der Waals surface area contributed by atoms with E-state index in [2.05, 4.69) is 15.1 Å². The molecule has 6 heteroatoms. The minimum absolute atomic E-state index is 0.0517. The van der Waals surface area contributed by atoms with E-state index in [0.717, 1.165) is 38.5 Å². The van der Waals surface area contributed by atoms with Crippen molar-refractivity contribution >= 4 is 17.9 Å². The van der Waals surface area contributed by atoms with Gasteiger partial charge in [0.2, 0.25) is 5.91 Å². The van der Waals surface area contributed by atoms with Crippen LogP contribution in [-0.4, -0.2) is 67.4 Å². The molecule has 2 saturated carbocycles. The normalized spacial score (nSPS) is 21.4. The second-order valence-corrected chi connectivity index (χ2v) is 7.72. The Morgan fingerprint density at radius 2 is 1.92 bits per heavy atom. The van der Waals surface area contributed by atoms with E-state index in [0.29, 0.717) is 36.1 Å². The number of amides is 1. The average molecular weight is 357 g/mol. The number of piperazine rings is 1. The van der Waals surface area contributed by atoms with Gasteiger partial charge in [0.25, 0.3) is 0 Å². The number of carbonyl (C=O) groups excluding carboxylic acids is 2. The van der Waals surface area contributed by atoms with Crippen LogP contribution in [0.1, 0.15) is 36.0 Å². The Morgan fingerprint density at radius 3 is 2.58 bits per heavy atom. The first-order valence-corrected chi connectivity index (χ1v) is 9.69. The maximum atomic E-state index is 12.5. The Labute approximate surface area is 154 Å². The maximum Gasteiger partial charge on any atom is 0.238 e. The van der Waals surface area contributed by atoms with Crippen LogP contribution < -0.4 is 10.1 Å². The molecule has 140 valence electrons. The molecule has 1 amide bonds. The van der Waals surface area contributed by atoms with Crippen molar-refractivity contribution < 1.29 is 14.3 Å². The van der Waals surface area contributed by atoms with Gasteiger partial charge in [-0.1, -0.05) is 0 Å². The molecule has 3 fully saturated rings. The number of nitrogens with one attached hydrogen (secondary N) is 1. The summed E-state index contributed by atoms with van der Waals surface area (Å²) < 4.78 is 5.85. The van der Waals surface area contributed by atoms with E-state index in [4.69, 9.17) is 4.74 Å². The van der Waals surface area contributed by atoms with E-state index >= 15 is 0 Å². The molecular formula is C20H27N3O3. The molecule has 1 aromatic carbocycles. The predicted molar refractivity (Wildman–Crippen MR) is 99.7 cm³/mol. The second kappa shape index (κ2) is 7.76. The van der Waals surface area contributed by atoms with Crippen molar-refractivity contribution in [3.8, 4) is 5.75 Å². The van der Waals surface area contributed by atoms with Crippen molar-refractivity contribution in [1.82, 2.24) is 9.80 Å². The standard InChI is InChI=1S/C20H27N3O3/c24-13-16-3-6-19(26-14-15-1-2-15)18(11-16)21-20(25)12-22-7-9-23(10-8-22)17-4-5-17/h3,6,11,13,15,17H,1-2,4-5,7-10,12,14H2,(H,21,25). The van der Waals surface area contributed by atoms with Gasteiger partial charge in [0.15, 0.2) is 0 Å². The van der Waals surface area contributed by atoms with Crippen LogP contribution in [0.4, 0.5) is 5.69 Å². The average Bonchev–Trinajstić information content (AvgIpc) is 3.55. The minimum atomic E-state index is -0.0517. The monoisotopic (exact) mass is 357 g/mol. The summed E-state index contributed by atoms with van der Waals surface area (Å²) in [6.45, 7) is 5.02. The molecular weight excluding hydrogens is 330 g/mol. The quantitative estimate of drug-likeness (QED) is 0.721. The summed E-state index contributed by atoms with van der Waals surface area (Å²) >= 11 is 0. The Morgan fingerprint density at radius 1 is 1.15 bits per heavy atom. The van der Waals surface area contributed by atoms with Gasteiger partial charge in [0, 0.05) is 37.8 Å². The summed E-state index contributed by atoms with van der Waals surface area (Å²) in [4.78, 5) is 28.3. The Hall–Kier alpha value is -1.92. The van der Waals surface area contributed by atoms with Gasteiger partial charge in [0.1, 0.15) is 12.0 Å². The fourth-order valence-electron chi connectivity index (χ4n) is 3.46. The van der Waals surface area contributed by atoms with Crippen LogP contribution in [0.25, 0.3) is 0 Å².